The van der Waals surface area contributed by atoms with Crippen LogP contribution in [0.2, 0.25) is 0 Å². The number of fused-ring (bicyclic) bond motifs is 1. The van der Waals surface area contributed by atoms with Gasteiger partial charge in [0.1, 0.15) is 5.03 Å². The fourth-order valence-electron chi connectivity index (χ4n) is 3.63. The molecule has 1 N–H and O–H groups in total. The van der Waals surface area contributed by atoms with Gasteiger partial charge in [0, 0.05) is 18.0 Å². The molecule has 3 heterocycles. The molecule has 0 saturated carbocycles. The zero-order valence-electron chi connectivity index (χ0n) is 18.1. The van der Waals surface area contributed by atoms with Gasteiger partial charge in [-0.15, -0.1) is 0 Å². The average Bonchev–Trinajstić information content (AvgIpc) is 3.45. The third-order valence-corrected chi connectivity index (χ3v) is 8.05. The van der Waals surface area contributed by atoms with Gasteiger partial charge in [-0.1, -0.05) is 30.0 Å². The lowest BCUT2D eigenvalue weighted by atomic mass is 10.2. The van der Waals surface area contributed by atoms with Crippen molar-refractivity contribution in [3.8, 4) is 11.6 Å². The third kappa shape index (κ3) is 5.72. The molecule has 0 aliphatic carbocycles. The van der Waals surface area contributed by atoms with Crippen LogP contribution in [0.5, 0.6) is 0 Å². The summed E-state index contributed by atoms with van der Waals surface area (Å²) in [5.74, 6) is 0.536. The smallest absolute Gasteiger partial charge is 0.239 e. The van der Waals surface area contributed by atoms with Gasteiger partial charge in [-0.3, -0.25) is 9.59 Å². The second kappa shape index (κ2) is 9.92. The lowest BCUT2D eigenvalue weighted by molar-refractivity contribution is -0.134. The van der Waals surface area contributed by atoms with Crippen molar-refractivity contribution in [2.24, 2.45) is 0 Å². The standard InChI is InChI=1S/C22H24N4O5S2/c1-2-26(12-19(27)23-15-9-11-33(29,30)14-15)20(28)13-32-22-16-6-3-4-7-17(16)24-21(25-22)18-8-5-10-31-18/h3-8,10,15H,2,9,11-14H2,1H3,(H,23,27)/t15-/m0/s1. The number of nitrogens with zero attached hydrogens (tertiary/aromatic N) is 3. The number of rotatable bonds is 8. The Bertz CT molecular complexity index is 1260. The van der Waals surface area contributed by atoms with E-state index in [1.807, 2.05) is 24.3 Å². The first-order valence-electron chi connectivity index (χ1n) is 10.6. The highest BCUT2D eigenvalue weighted by atomic mass is 32.2. The van der Waals surface area contributed by atoms with E-state index in [4.69, 9.17) is 4.42 Å². The fourth-order valence-corrected chi connectivity index (χ4v) is 6.22. The summed E-state index contributed by atoms with van der Waals surface area (Å²) >= 11 is 1.28. The van der Waals surface area contributed by atoms with Gasteiger partial charge in [0.2, 0.25) is 11.8 Å². The topological polar surface area (TPSA) is 122 Å². The summed E-state index contributed by atoms with van der Waals surface area (Å²) in [6.07, 6.45) is 1.96. The van der Waals surface area contributed by atoms with Gasteiger partial charge in [-0.25, -0.2) is 18.4 Å². The Hall–Kier alpha value is -2.92. The number of thioether (sulfide) groups is 1. The predicted octanol–water partition coefficient (Wildman–Crippen LogP) is 2.13. The summed E-state index contributed by atoms with van der Waals surface area (Å²) in [5, 5.41) is 4.20. The quantitative estimate of drug-likeness (QED) is 0.378. The highest BCUT2D eigenvalue weighted by Crippen LogP contribution is 2.28. The molecule has 1 saturated heterocycles. The van der Waals surface area contributed by atoms with Crippen molar-refractivity contribution in [2.45, 2.75) is 24.4 Å². The van der Waals surface area contributed by atoms with Crippen LogP contribution < -0.4 is 5.32 Å². The molecule has 0 unspecified atom stereocenters. The molecule has 3 aromatic rings. The van der Waals surface area contributed by atoms with Crippen molar-refractivity contribution in [1.82, 2.24) is 20.2 Å². The van der Waals surface area contributed by atoms with Crippen LogP contribution in [0.15, 0.2) is 52.1 Å². The summed E-state index contributed by atoms with van der Waals surface area (Å²) in [5.41, 5.74) is 0.743. The van der Waals surface area contributed by atoms with E-state index in [9.17, 15) is 18.0 Å². The number of likely N-dealkylation sites (N-methyl/N-ethyl adjacent to an activating group) is 1. The maximum Gasteiger partial charge on any atom is 0.239 e. The van der Waals surface area contributed by atoms with Crippen LogP contribution in [-0.2, 0) is 19.4 Å². The number of furan rings is 1. The predicted molar refractivity (Wildman–Crippen MR) is 125 cm³/mol. The number of carbonyl (C=O) groups excluding carboxylic acids is 2. The van der Waals surface area contributed by atoms with E-state index in [1.165, 1.54) is 16.7 Å². The highest BCUT2D eigenvalue weighted by Gasteiger charge is 2.29. The molecule has 1 aliphatic rings. The van der Waals surface area contributed by atoms with E-state index in [-0.39, 0.29) is 35.6 Å². The van der Waals surface area contributed by atoms with Crippen LogP contribution in [0.25, 0.3) is 22.5 Å². The van der Waals surface area contributed by atoms with Crippen LogP contribution in [0.4, 0.5) is 0 Å². The number of carbonyl (C=O) groups is 2. The lowest BCUT2D eigenvalue weighted by Crippen LogP contribution is -2.45. The summed E-state index contributed by atoms with van der Waals surface area (Å²) in [7, 11) is -3.09. The second-order valence-electron chi connectivity index (χ2n) is 7.71. The molecule has 9 nitrogen and oxygen atoms in total. The van der Waals surface area contributed by atoms with E-state index in [2.05, 4.69) is 15.3 Å². The van der Waals surface area contributed by atoms with E-state index >= 15 is 0 Å². The molecular weight excluding hydrogens is 464 g/mol. The van der Waals surface area contributed by atoms with E-state index < -0.39 is 15.9 Å². The number of sulfone groups is 1. The van der Waals surface area contributed by atoms with Crippen LogP contribution in [0.3, 0.4) is 0 Å². The van der Waals surface area contributed by atoms with E-state index in [0.29, 0.717) is 29.6 Å². The minimum atomic E-state index is -3.09. The zero-order chi connectivity index (χ0) is 23.4. The largest absolute Gasteiger partial charge is 0.461 e. The summed E-state index contributed by atoms with van der Waals surface area (Å²) < 4.78 is 28.6. The first kappa shape index (κ1) is 23.2. The first-order chi connectivity index (χ1) is 15.8. The number of hydrogen-bond donors (Lipinski definition) is 1. The number of hydrogen-bond acceptors (Lipinski definition) is 8. The summed E-state index contributed by atoms with van der Waals surface area (Å²) in [4.78, 5) is 35.8. The molecular formula is C22H24N4O5S2. The van der Waals surface area contributed by atoms with E-state index in [0.717, 1.165) is 10.9 Å². The molecule has 1 aromatic carbocycles. The summed E-state index contributed by atoms with van der Waals surface area (Å²) in [6, 6.07) is 10.7. The zero-order valence-corrected chi connectivity index (χ0v) is 19.7. The lowest BCUT2D eigenvalue weighted by Gasteiger charge is -2.21. The Morgan fingerprint density at radius 1 is 1.21 bits per heavy atom. The van der Waals surface area contributed by atoms with Gasteiger partial charge in [-0.05, 0) is 31.5 Å². The Labute approximate surface area is 195 Å². The van der Waals surface area contributed by atoms with Crippen molar-refractivity contribution in [3.05, 3.63) is 42.7 Å². The van der Waals surface area contributed by atoms with Gasteiger partial charge in [0.15, 0.2) is 21.4 Å². The number of para-hydroxylation sites is 1. The molecule has 0 spiro atoms. The van der Waals surface area contributed by atoms with E-state index in [1.54, 1.807) is 25.3 Å². The Kier molecular flexibility index (Phi) is 6.99. The van der Waals surface area contributed by atoms with Crippen LogP contribution in [-0.4, -0.2) is 71.5 Å². The Morgan fingerprint density at radius 2 is 2.03 bits per heavy atom. The van der Waals surface area contributed by atoms with Gasteiger partial charge >= 0.3 is 0 Å². The molecule has 1 fully saturated rings. The minimum absolute atomic E-state index is 0.0482. The maximum absolute atomic E-state index is 12.8. The molecule has 174 valence electrons. The number of nitrogens with one attached hydrogen (secondary N) is 1. The Morgan fingerprint density at radius 3 is 2.73 bits per heavy atom. The summed E-state index contributed by atoms with van der Waals surface area (Å²) in [6.45, 7) is 2.04. The Balaban J connectivity index is 1.42. The third-order valence-electron chi connectivity index (χ3n) is 5.31. The molecule has 1 atom stereocenters. The van der Waals surface area contributed by atoms with Crippen molar-refractivity contribution >= 4 is 44.3 Å². The normalized spacial score (nSPS) is 17.2. The van der Waals surface area contributed by atoms with Crippen molar-refractivity contribution in [2.75, 3.05) is 30.3 Å². The van der Waals surface area contributed by atoms with Gasteiger partial charge in [-0.2, -0.15) is 0 Å². The number of amides is 2. The maximum atomic E-state index is 12.8. The molecule has 2 amide bonds. The van der Waals surface area contributed by atoms with Crippen molar-refractivity contribution < 1.29 is 22.4 Å². The van der Waals surface area contributed by atoms with Crippen LogP contribution in [0.1, 0.15) is 13.3 Å². The fraction of sp³-hybridized carbons (Fsp3) is 0.364. The SMILES string of the molecule is CCN(CC(=O)N[C@H]1CCS(=O)(=O)C1)C(=O)CSc1nc(-c2ccco2)nc2ccccc12. The van der Waals surface area contributed by atoms with Crippen molar-refractivity contribution in [3.63, 3.8) is 0 Å². The molecule has 1 aliphatic heterocycles. The number of aromatic nitrogens is 2. The van der Waals surface area contributed by atoms with Gasteiger partial charge < -0.3 is 14.6 Å². The van der Waals surface area contributed by atoms with Crippen LogP contribution in [0, 0.1) is 0 Å². The average molecular weight is 489 g/mol. The van der Waals surface area contributed by atoms with Gasteiger partial charge in [0.25, 0.3) is 0 Å². The van der Waals surface area contributed by atoms with Gasteiger partial charge in [0.05, 0.1) is 35.6 Å². The monoisotopic (exact) mass is 488 g/mol. The highest BCUT2D eigenvalue weighted by molar-refractivity contribution is 8.00. The molecule has 0 bridgehead atoms. The molecule has 4 rings (SSSR count). The molecule has 11 heteroatoms. The number of benzene rings is 1. The molecule has 0 radical (unpaired) electrons. The van der Waals surface area contributed by atoms with Crippen LogP contribution >= 0.6 is 11.8 Å². The molecule has 33 heavy (non-hydrogen) atoms. The minimum Gasteiger partial charge on any atom is -0.461 e. The van der Waals surface area contributed by atoms with Crippen molar-refractivity contribution in [1.29, 1.82) is 0 Å². The molecule has 2 aromatic heterocycles. The first-order valence-corrected chi connectivity index (χ1v) is 13.4. The second-order valence-corrected chi connectivity index (χ2v) is 10.9.